The molecule has 1 heterocycles. The summed E-state index contributed by atoms with van der Waals surface area (Å²) >= 11 is 1.84. The Hall–Kier alpha value is -0.410. The van der Waals surface area contributed by atoms with Crippen molar-refractivity contribution in [2.75, 3.05) is 0 Å². The van der Waals surface area contributed by atoms with Gasteiger partial charge in [-0.25, -0.2) is 4.98 Å². The van der Waals surface area contributed by atoms with Gasteiger partial charge in [-0.15, -0.1) is 11.3 Å². The van der Waals surface area contributed by atoms with Crippen molar-refractivity contribution >= 4 is 11.3 Å². The Morgan fingerprint density at radius 2 is 1.75 bits per heavy atom. The molecule has 0 aliphatic carbocycles. The Bertz CT molecular complexity index is 353. The summed E-state index contributed by atoms with van der Waals surface area (Å²) in [5.41, 5.74) is 7.26. The maximum absolute atomic E-state index is 6.01. The first-order valence-corrected chi connectivity index (χ1v) is 6.67. The molecule has 0 aromatic carbocycles. The van der Waals surface area contributed by atoms with E-state index in [1.807, 2.05) is 11.3 Å². The molecule has 1 aromatic rings. The minimum Gasteiger partial charge on any atom is -0.326 e. The van der Waals surface area contributed by atoms with Crippen LogP contribution in [0.15, 0.2) is 0 Å². The zero-order valence-electron chi connectivity index (χ0n) is 11.3. The molecule has 16 heavy (non-hydrogen) atoms. The number of hydrogen-bond acceptors (Lipinski definition) is 3. The third-order valence-corrected chi connectivity index (χ3v) is 4.17. The van der Waals surface area contributed by atoms with Crippen molar-refractivity contribution in [1.82, 2.24) is 4.98 Å². The Morgan fingerprint density at radius 1 is 1.19 bits per heavy atom. The minimum absolute atomic E-state index is 0.0850. The lowest BCUT2D eigenvalue weighted by Gasteiger charge is -2.17. The van der Waals surface area contributed by atoms with Crippen LogP contribution in [0, 0.1) is 6.92 Å². The molecule has 0 bridgehead atoms. The molecule has 1 aromatic heterocycles. The van der Waals surface area contributed by atoms with Crippen LogP contribution in [0.25, 0.3) is 0 Å². The van der Waals surface area contributed by atoms with E-state index in [4.69, 9.17) is 5.73 Å². The number of nitrogens with two attached hydrogens (primary N) is 1. The molecule has 0 saturated heterocycles. The molecule has 2 nitrogen and oxygen atoms in total. The summed E-state index contributed by atoms with van der Waals surface area (Å²) in [6.07, 6.45) is 2.06. The van der Waals surface area contributed by atoms with Crippen molar-refractivity contribution in [2.24, 2.45) is 5.73 Å². The van der Waals surface area contributed by atoms with Crippen LogP contribution in [0.2, 0.25) is 0 Å². The summed E-state index contributed by atoms with van der Waals surface area (Å²) in [5.74, 6) is 0. The summed E-state index contributed by atoms with van der Waals surface area (Å²) in [6, 6.07) is 0. The molecule has 0 aliphatic rings. The summed E-state index contributed by atoms with van der Waals surface area (Å²) in [5, 5.41) is 1.23. The van der Waals surface area contributed by atoms with Gasteiger partial charge in [-0.05, 0) is 33.6 Å². The van der Waals surface area contributed by atoms with E-state index in [0.29, 0.717) is 0 Å². The molecule has 3 heteroatoms. The van der Waals surface area contributed by atoms with Gasteiger partial charge in [0, 0.05) is 15.8 Å². The van der Waals surface area contributed by atoms with Crippen LogP contribution in [0.1, 0.15) is 56.6 Å². The first-order valence-electron chi connectivity index (χ1n) is 5.85. The highest BCUT2D eigenvalue weighted by Crippen LogP contribution is 2.30. The van der Waals surface area contributed by atoms with Gasteiger partial charge in [0.2, 0.25) is 0 Å². The Balaban J connectivity index is 2.79. The van der Waals surface area contributed by atoms with Gasteiger partial charge in [0.25, 0.3) is 0 Å². The molecule has 0 fully saturated rings. The van der Waals surface area contributed by atoms with Gasteiger partial charge in [-0.3, -0.25) is 0 Å². The van der Waals surface area contributed by atoms with E-state index in [2.05, 4.69) is 46.5 Å². The zero-order chi connectivity index (χ0) is 12.6. The Kier molecular flexibility index (Phi) is 3.80. The lowest BCUT2D eigenvalue weighted by molar-refractivity contribution is 0.478. The molecule has 2 N–H and O–H groups in total. The normalized spacial score (nSPS) is 13.2. The zero-order valence-corrected chi connectivity index (χ0v) is 12.2. The molecule has 0 spiro atoms. The van der Waals surface area contributed by atoms with Gasteiger partial charge in [0.05, 0.1) is 10.7 Å². The summed E-state index contributed by atoms with van der Waals surface area (Å²) < 4.78 is 0. The van der Waals surface area contributed by atoms with Crippen LogP contribution in [-0.2, 0) is 11.8 Å². The van der Waals surface area contributed by atoms with Crippen LogP contribution in [0.4, 0.5) is 0 Å². The van der Waals surface area contributed by atoms with Gasteiger partial charge in [-0.1, -0.05) is 20.8 Å². The van der Waals surface area contributed by atoms with Crippen LogP contribution < -0.4 is 5.73 Å². The van der Waals surface area contributed by atoms with Crippen LogP contribution in [0.3, 0.4) is 0 Å². The predicted molar refractivity (Wildman–Crippen MR) is 72.1 cm³/mol. The lowest BCUT2D eigenvalue weighted by atomic mass is 9.98. The third kappa shape index (κ3) is 3.87. The van der Waals surface area contributed by atoms with Gasteiger partial charge < -0.3 is 5.73 Å². The van der Waals surface area contributed by atoms with Crippen molar-refractivity contribution in [3.05, 3.63) is 15.6 Å². The van der Waals surface area contributed by atoms with Gasteiger partial charge in [-0.2, -0.15) is 0 Å². The van der Waals surface area contributed by atoms with Gasteiger partial charge >= 0.3 is 0 Å². The Morgan fingerprint density at radius 3 is 2.12 bits per heavy atom. The van der Waals surface area contributed by atoms with E-state index < -0.39 is 0 Å². The number of aryl methyl sites for hydroxylation is 2. The molecule has 0 amide bonds. The van der Waals surface area contributed by atoms with Gasteiger partial charge in [0.15, 0.2) is 0 Å². The first-order chi connectivity index (χ1) is 7.09. The summed E-state index contributed by atoms with van der Waals surface area (Å²) in [7, 11) is 0. The predicted octanol–water partition coefficient (Wildman–Crippen LogP) is 3.42. The van der Waals surface area contributed by atoms with E-state index >= 15 is 0 Å². The second-order valence-electron chi connectivity index (χ2n) is 6.27. The highest BCUT2D eigenvalue weighted by atomic mass is 32.1. The topological polar surface area (TPSA) is 38.9 Å². The van der Waals surface area contributed by atoms with Crippen molar-refractivity contribution in [3.8, 4) is 0 Å². The van der Waals surface area contributed by atoms with E-state index in [1.54, 1.807) is 0 Å². The lowest BCUT2D eigenvalue weighted by Crippen LogP contribution is -2.32. The monoisotopic (exact) mass is 240 g/mol. The molecule has 0 unspecified atom stereocenters. The summed E-state index contributed by atoms with van der Waals surface area (Å²) in [4.78, 5) is 6.05. The number of rotatable bonds is 3. The first kappa shape index (κ1) is 13.7. The molecule has 92 valence electrons. The largest absolute Gasteiger partial charge is 0.326 e. The van der Waals surface area contributed by atoms with E-state index in [0.717, 1.165) is 12.8 Å². The second kappa shape index (κ2) is 4.46. The van der Waals surface area contributed by atoms with Gasteiger partial charge in [0.1, 0.15) is 0 Å². The van der Waals surface area contributed by atoms with Crippen LogP contribution in [0.5, 0.6) is 0 Å². The van der Waals surface area contributed by atoms with E-state index in [9.17, 15) is 0 Å². The summed E-state index contributed by atoms with van der Waals surface area (Å²) in [6.45, 7) is 12.9. The second-order valence-corrected chi connectivity index (χ2v) is 7.35. The van der Waals surface area contributed by atoms with Crippen molar-refractivity contribution in [2.45, 2.75) is 65.3 Å². The van der Waals surface area contributed by atoms with E-state index in [-0.39, 0.29) is 11.0 Å². The van der Waals surface area contributed by atoms with E-state index in [1.165, 1.54) is 15.6 Å². The number of nitrogens with zero attached hydrogens (tertiary/aromatic N) is 1. The quantitative estimate of drug-likeness (QED) is 0.879. The van der Waals surface area contributed by atoms with Crippen molar-refractivity contribution in [1.29, 1.82) is 0 Å². The molecular formula is C13H24N2S. The standard InChI is InChI=1S/C13H24N2S/c1-9-10(7-8-13(5,6)14)16-11(15-9)12(2,3)4/h7-8,14H2,1-6H3. The van der Waals surface area contributed by atoms with Crippen molar-refractivity contribution in [3.63, 3.8) is 0 Å². The van der Waals surface area contributed by atoms with Crippen molar-refractivity contribution < 1.29 is 0 Å². The molecule has 0 saturated carbocycles. The fraction of sp³-hybridized carbons (Fsp3) is 0.769. The number of aromatic nitrogens is 1. The molecule has 0 aliphatic heterocycles. The fourth-order valence-corrected chi connectivity index (χ4v) is 2.54. The SMILES string of the molecule is Cc1nc(C(C)(C)C)sc1CCC(C)(C)N. The molecule has 1 rings (SSSR count). The smallest absolute Gasteiger partial charge is 0.0984 e. The number of thiazole rings is 1. The third-order valence-electron chi connectivity index (χ3n) is 2.53. The maximum Gasteiger partial charge on any atom is 0.0984 e. The van der Waals surface area contributed by atoms with Crippen LogP contribution in [-0.4, -0.2) is 10.5 Å². The highest BCUT2D eigenvalue weighted by molar-refractivity contribution is 7.11. The minimum atomic E-state index is -0.0850. The maximum atomic E-state index is 6.01. The average molecular weight is 240 g/mol. The highest BCUT2D eigenvalue weighted by Gasteiger charge is 2.21. The fourth-order valence-electron chi connectivity index (χ4n) is 1.42. The average Bonchev–Trinajstić information content (AvgIpc) is 2.41. The molecule has 0 radical (unpaired) electrons. The molecule has 0 atom stereocenters. The Labute approximate surface area is 103 Å². The van der Waals surface area contributed by atoms with Crippen LogP contribution >= 0.6 is 11.3 Å². The number of hydrogen-bond donors (Lipinski definition) is 1. The molecular weight excluding hydrogens is 216 g/mol.